The Hall–Kier alpha value is -1.44. The Morgan fingerprint density at radius 2 is 2.07 bits per heavy atom. The third kappa shape index (κ3) is 3.27. The van der Waals surface area contributed by atoms with E-state index in [0.717, 1.165) is 37.1 Å². The molecular weight excluding hydrogens is 374 g/mol. The van der Waals surface area contributed by atoms with Crippen LogP contribution in [0.1, 0.15) is 57.4 Å². The number of hydrogen-bond donors (Lipinski definition) is 2. The first-order valence-electron chi connectivity index (χ1n) is 10.5. The number of benzene rings is 1. The van der Waals surface area contributed by atoms with Crippen molar-refractivity contribution in [3.05, 3.63) is 29.8 Å². The van der Waals surface area contributed by atoms with Gasteiger partial charge in [0.05, 0.1) is 23.3 Å². The second-order valence-corrected chi connectivity index (χ2v) is 11.0. The summed E-state index contributed by atoms with van der Waals surface area (Å²) in [5.74, 6) is 0.156. The van der Waals surface area contributed by atoms with Crippen molar-refractivity contribution in [2.45, 2.75) is 68.7 Å². The minimum Gasteiger partial charge on any atom is -0.377 e. The van der Waals surface area contributed by atoms with E-state index in [1.165, 1.54) is 6.42 Å². The number of nitrogens with zero attached hydrogens (tertiary/aromatic N) is 1. The fourth-order valence-electron chi connectivity index (χ4n) is 5.39. The van der Waals surface area contributed by atoms with Gasteiger partial charge in [-0.15, -0.1) is 0 Å². The molecule has 0 radical (unpaired) electrons. The normalized spacial score (nSPS) is 29.9. The van der Waals surface area contributed by atoms with Crippen molar-refractivity contribution in [2.75, 3.05) is 25.0 Å². The van der Waals surface area contributed by atoms with Gasteiger partial charge in [-0.05, 0) is 57.7 Å². The Balaban J connectivity index is 1.59. The second-order valence-electron chi connectivity index (χ2n) is 8.73. The van der Waals surface area contributed by atoms with Crippen LogP contribution in [0.3, 0.4) is 0 Å². The summed E-state index contributed by atoms with van der Waals surface area (Å²) < 4.78 is 26.9. The van der Waals surface area contributed by atoms with E-state index in [2.05, 4.69) is 27.1 Å². The lowest BCUT2D eigenvalue weighted by atomic mass is 9.67. The van der Waals surface area contributed by atoms with Crippen LogP contribution in [0.2, 0.25) is 0 Å². The molecule has 3 aliphatic heterocycles. The lowest BCUT2D eigenvalue weighted by Gasteiger charge is -2.53. The van der Waals surface area contributed by atoms with Gasteiger partial charge in [0.15, 0.2) is 5.78 Å². The van der Waals surface area contributed by atoms with E-state index < -0.39 is 15.3 Å². The predicted molar refractivity (Wildman–Crippen MR) is 111 cm³/mol. The number of piperidine rings is 2. The zero-order chi connectivity index (χ0) is 19.9. The van der Waals surface area contributed by atoms with Crippen molar-refractivity contribution in [1.29, 1.82) is 0 Å². The first-order valence-corrected chi connectivity index (χ1v) is 12.0. The van der Waals surface area contributed by atoms with E-state index in [4.69, 9.17) is 0 Å². The summed E-state index contributed by atoms with van der Waals surface area (Å²) in [6.45, 7) is 5.29. The molecular formula is C21H31N3O3S. The molecule has 3 heterocycles. The number of para-hydroxylation sites is 1. The second kappa shape index (κ2) is 7.43. The largest absolute Gasteiger partial charge is 0.377 e. The molecule has 6 nitrogen and oxygen atoms in total. The van der Waals surface area contributed by atoms with Gasteiger partial charge in [0.25, 0.3) is 0 Å². The SMILES string of the molecule is CC(C)S(=O)(=O)NCCC[C@]12Nc3ccccc3[C@H]1C(=O)CN1CCCC[C@H]12. The van der Waals surface area contributed by atoms with Crippen LogP contribution in [0.5, 0.6) is 0 Å². The topological polar surface area (TPSA) is 78.5 Å². The number of nitrogens with one attached hydrogen (secondary N) is 2. The van der Waals surface area contributed by atoms with Crippen molar-refractivity contribution in [2.24, 2.45) is 0 Å². The molecule has 1 aromatic rings. The highest BCUT2D eigenvalue weighted by Crippen LogP contribution is 2.52. The van der Waals surface area contributed by atoms with Crippen molar-refractivity contribution in [3.8, 4) is 0 Å². The highest BCUT2D eigenvalue weighted by Gasteiger charge is 2.58. The monoisotopic (exact) mass is 405 g/mol. The Morgan fingerprint density at radius 3 is 2.86 bits per heavy atom. The van der Waals surface area contributed by atoms with Crippen molar-refractivity contribution < 1.29 is 13.2 Å². The summed E-state index contributed by atoms with van der Waals surface area (Å²) in [4.78, 5) is 15.5. The summed E-state index contributed by atoms with van der Waals surface area (Å²) >= 11 is 0. The van der Waals surface area contributed by atoms with Crippen LogP contribution >= 0.6 is 0 Å². The van der Waals surface area contributed by atoms with Gasteiger partial charge in [-0.2, -0.15) is 0 Å². The van der Waals surface area contributed by atoms with Gasteiger partial charge >= 0.3 is 0 Å². The smallest absolute Gasteiger partial charge is 0.213 e. The molecule has 0 aromatic heterocycles. The van der Waals surface area contributed by atoms with Gasteiger partial charge in [0.1, 0.15) is 0 Å². The maximum atomic E-state index is 13.2. The average molecular weight is 406 g/mol. The highest BCUT2D eigenvalue weighted by molar-refractivity contribution is 7.90. The van der Waals surface area contributed by atoms with E-state index in [-0.39, 0.29) is 11.5 Å². The molecule has 0 unspecified atom stereocenters. The molecule has 2 fully saturated rings. The number of anilines is 1. The zero-order valence-corrected chi connectivity index (χ0v) is 17.6. The summed E-state index contributed by atoms with van der Waals surface area (Å²) in [6, 6.07) is 8.48. The Bertz CT molecular complexity index is 854. The zero-order valence-electron chi connectivity index (χ0n) is 16.8. The molecule has 154 valence electrons. The summed E-state index contributed by atoms with van der Waals surface area (Å²) in [5.41, 5.74) is 1.85. The summed E-state index contributed by atoms with van der Waals surface area (Å²) in [5, 5.41) is 3.33. The molecule has 3 atom stereocenters. The van der Waals surface area contributed by atoms with E-state index in [1.807, 2.05) is 12.1 Å². The van der Waals surface area contributed by atoms with Crippen LogP contribution in [0.25, 0.3) is 0 Å². The molecule has 2 N–H and O–H groups in total. The van der Waals surface area contributed by atoms with Crippen molar-refractivity contribution in [1.82, 2.24) is 9.62 Å². The van der Waals surface area contributed by atoms with Gasteiger partial charge in [-0.1, -0.05) is 24.6 Å². The van der Waals surface area contributed by atoms with Gasteiger partial charge < -0.3 is 5.32 Å². The molecule has 0 spiro atoms. The third-order valence-corrected chi connectivity index (χ3v) is 8.58. The molecule has 0 bridgehead atoms. The molecule has 4 rings (SSSR count). The molecule has 0 saturated carbocycles. The number of carbonyl (C=O) groups is 1. The molecule has 28 heavy (non-hydrogen) atoms. The number of hydrogen-bond acceptors (Lipinski definition) is 5. The molecule has 3 aliphatic rings. The lowest BCUT2D eigenvalue weighted by molar-refractivity contribution is -0.129. The Kier molecular flexibility index (Phi) is 5.27. The maximum Gasteiger partial charge on any atom is 0.213 e. The minimum atomic E-state index is -3.26. The van der Waals surface area contributed by atoms with Crippen molar-refractivity contribution >= 4 is 21.5 Å². The molecule has 7 heteroatoms. The lowest BCUT2D eigenvalue weighted by Crippen LogP contribution is -2.66. The number of ketones is 1. The van der Waals surface area contributed by atoms with Crippen LogP contribution in [-0.2, 0) is 14.8 Å². The number of fused-ring (bicyclic) bond motifs is 5. The van der Waals surface area contributed by atoms with E-state index in [9.17, 15) is 13.2 Å². The molecule has 0 amide bonds. The molecule has 0 aliphatic carbocycles. The average Bonchev–Trinajstić information content (AvgIpc) is 3.01. The van der Waals surface area contributed by atoms with E-state index >= 15 is 0 Å². The number of Topliss-reactive ketones (excluding diaryl/α,β-unsaturated/α-hetero) is 1. The molecule has 2 saturated heterocycles. The van der Waals surface area contributed by atoms with Gasteiger partial charge in [-0.3, -0.25) is 9.69 Å². The fraction of sp³-hybridized carbons (Fsp3) is 0.667. The number of carbonyl (C=O) groups excluding carboxylic acids is 1. The maximum absolute atomic E-state index is 13.2. The summed E-state index contributed by atoms with van der Waals surface area (Å²) in [7, 11) is -3.26. The minimum absolute atomic E-state index is 0.134. The fourth-order valence-corrected chi connectivity index (χ4v) is 6.15. The Labute approximate surface area is 168 Å². The van der Waals surface area contributed by atoms with Gasteiger partial charge in [0, 0.05) is 18.3 Å². The highest BCUT2D eigenvalue weighted by atomic mass is 32.2. The first kappa shape index (κ1) is 19.9. The number of sulfonamides is 1. The van der Waals surface area contributed by atoms with Gasteiger partial charge in [0.2, 0.25) is 10.0 Å². The van der Waals surface area contributed by atoms with E-state index in [0.29, 0.717) is 31.3 Å². The van der Waals surface area contributed by atoms with Crippen LogP contribution < -0.4 is 10.0 Å². The number of rotatable bonds is 6. The molecule has 1 aromatic carbocycles. The van der Waals surface area contributed by atoms with Crippen LogP contribution in [0.15, 0.2) is 24.3 Å². The van der Waals surface area contributed by atoms with Crippen LogP contribution in [0.4, 0.5) is 5.69 Å². The summed E-state index contributed by atoms with van der Waals surface area (Å²) in [6.07, 6.45) is 4.90. The van der Waals surface area contributed by atoms with Gasteiger partial charge in [-0.25, -0.2) is 13.1 Å². The van der Waals surface area contributed by atoms with Crippen molar-refractivity contribution in [3.63, 3.8) is 0 Å². The quantitative estimate of drug-likeness (QED) is 0.711. The standard InChI is InChI=1S/C21H31N3O3S/c1-15(2)28(26,27)22-12-7-11-21-19-10-5-6-13-24(19)14-18(25)20(21)16-8-3-4-9-17(16)23-21/h3-4,8-9,15,19-20,22-23H,5-7,10-14H2,1-2H3/t19-,20-,21+/m0/s1. The van der Waals surface area contributed by atoms with Crippen LogP contribution in [0, 0.1) is 0 Å². The van der Waals surface area contributed by atoms with Crippen LogP contribution in [-0.4, -0.2) is 55.6 Å². The predicted octanol–water partition coefficient (Wildman–Crippen LogP) is 2.48. The Morgan fingerprint density at radius 1 is 1.29 bits per heavy atom. The third-order valence-electron chi connectivity index (χ3n) is 6.73. The first-order chi connectivity index (χ1) is 13.3. The van der Waals surface area contributed by atoms with E-state index in [1.54, 1.807) is 13.8 Å².